The minimum Gasteiger partial charge on any atom is -0.481 e. The summed E-state index contributed by atoms with van der Waals surface area (Å²) in [6.07, 6.45) is 45.0. The Kier molecular flexibility index (Phi) is 45.1. The molecule has 6 heteroatoms. The van der Waals surface area contributed by atoms with Crippen molar-refractivity contribution in [2.45, 2.75) is 281 Å². The predicted molar refractivity (Wildman–Crippen MR) is 243 cm³/mol. The van der Waals surface area contributed by atoms with Gasteiger partial charge in [-0.1, -0.05) is 208 Å². The second-order valence-corrected chi connectivity index (χ2v) is 17.2. The first-order valence-corrected chi connectivity index (χ1v) is 24.5. The van der Waals surface area contributed by atoms with E-state index in [1.54, 1.807) is 0 Å². The molecule has 0 amide bonds. The van der Waals surface area contributed by atoms with Gasteiger partial charge in [-0.25, -0.2) is 0 Å². The van der Waals surface area contributed by atoms with Crippen LogP contribution >= 0.6 is 0 Å². The summed E-state index contributed by atoms with van der Waals surface area (Å²) in [7, 11) is 0. The average molecular weight is 797 g/mol. The van der Waals surface area contributed by atoms with Crippen LogP contribution in [0.3, 0.4) is 0 Å². The van der Waals surface area contributed by atoms with Gasteiger partial charge in [0.25, 0.3) is 11.9 Å². The molecule has 0 aliphatic rings. The van der Waals surface area contributed by atoms with Gasteiger partial charge in [-0.15, -0.1) is 0 Å². The fraction of sp³-hybridized carbons (Fsp3) is 0.940. The van der Waals surface area contributed by atoms with Crippen LogP contribution in [-0.4, -0.2) is 34.7 Å². The van der Waals surface area contributed by atoms with Crippen LogP contribution in [0.1, 0.15) is 281 Å². The summed E-state index contributed by atoms with van der Waals surface area (Å²) in [5, 5.41) is 14.8. The van der Waals surface area contributed by atoms with E-state index in [0.29, 0.717) is 12.0 Å². The second-order valence-electron chi connectivity index (χ2n) is 17.2. The van der Waals surface area contributed by atoms with Crippen LogP contribution in [0, 0.1) is 16.7 Å². The number of esters is 1. The van der Waals surface area contributed by atoms with Gasteiger partial charge in [0.15, 0.2) is 0 Å². The molecule has 0 aliphatic carbocycles. The topological polar surface area (TPSA) is 101 Å². The zero-order valence-corrected chi connectivity index (χ0v) is 39.4. The fourth-order valence-corrected chi connectivity index (χ4v) is 8.87. The lowest BCUT2D eigenvalue weighted by molar-refractivity contribution is -0.157. The van der Waals surface area contributed by atoms with Crippen molar-refractivity contribution in [2.24, 2.45) is 16.7 Å². The fourth-order valence-electron chi connectivity index (χ4n) is 8.87. The largest absolute Gasteiger partial charge is 0.481 e. The Balaban J connectivity index is -0.00000317. The first-order valence-electron chi connectivity index (χ1n) is 24.5. The van der Waals surface area contributed by atoms with Crippen LogP contribution in [-0.2, 0) is 19.1 Å². The third-order valence-corrected chi connectivity index (χ3v) is 12.0. The zero-order chi connectivity index (χ0) is 42.8. The monoisotopic (exact) mass is 797 g/mol. The molecule has 0 aromatic carbocycles. The molecule has 0 aromatic heterocycles. The molecule has 336 valence electrons. The maximum atomic E-state index is 13.8. The van der Waals surface area contributed by atoms with Gasteiger partial charge in [-0.2, -0.15) is 0 Å². The van der Waals surface area contributed by atoms with Gasteiger partial charge < -0.3 is 14.9 Å². The first-order chi connectivity index (χ1) is 26.9. The lowest BCUT2D eigenvalue weighted by atomic mass is 9.62. The van der Waals surface area contributed by atoms with Gasteiger partial charge in [-0.05, 0) is 69.6 Å². The van der Waals surface area contributed by atoms with Gasteiger partial charge in [0, 0.05) is 13.8 Å². The highest BCUT2D eigenvalue weighted by Gasteiger charge is 2.39. The second kappa shape index (κ2) is 43.0. The van der Waals surface area contributed by atoms with Crippen molar-refractivity contribution in [2.75, 3.05) is 6.61 Å². The molecule has 0 fully saturated rings. The minimum absolute atomic E-state index is 0.131. The van der Waals surface area contributed by atoms with Crippen molar-refractivity contribution < 1.29 is 29.3 Å². The number of hydrogen-bond acceptors (Lipinski definition) is 4. The summed E-state index contributed by atoms with van der Waals surface area (Å²) in [5.41, 5.74) is 0.269. The average Bonchev–Trinajstić information content (AvgIpc) is 3.15. The van der Waals surface area contributed by atoms with E-state index < -0.39 is 11.9 Å². The van der Waals surface area contributed by atoms with Crippen molar-refractivity contribution in [1.82, 2.24) is 0 Å². The van der Waals surface area contributed by atoms with E-state index in [-0.39, 0.29) is 11.4 Å². The van der Waals surface area contributed by atoms with Crippen molar-refractivity contribution >= 4 is 17.9 Å². The number of ether oxygens (including phenoxy) is 1. The first kappa shape index (κ1) is 58.7. The Morgan fingerprint density at radius 3 is 0.946 bits per heavy atom. The molecule has 0 aliphatic heterocycles. The van der Waals surface area contributed by atoms with Crippen molar-refractivity contribution in [3.05, 3.63) is 0 Å². The Bertz CT molecular complexity index is 791. The molecule has 0 rings (SSSR count). The van der Waals surface area contributed by atoms with Gasteiger partial charge >= 0.3 is 5.97 Å². The Hall–Kier alpha value is -1.59. The lowest BCUT2D eigenvalue weighted by Crippen LogP contribution is -2.34. The zero-order valence-electron chi connectivity index (χ0n) is 39.4. The SMILES string of the molecule is CC(=O)O.CC(=O)O.CCCCCCC(CCCCC(CCCCCC)(CCCCCC)C(=O)OCC)C(CCCCCC)(CCCCCC)CCCCCC. The van der Waals surface area contributed by atoms with Crippen LogP contribution < -0.4 is 0 Å². The highest BCUT2D eigenvalue weighted by atomic mass is 16.5. The smallest absolute Gasteiger partial charge is 0.312 e. The highest BCUT2D eigenvalue weighted by Crippen LogP contribution is 2.49. The van der Waals surface area contributed by atoms with E-state index in [2.05, 4.69) is 41.5 Å². The molecule has 1 atom stereocenters. The van der Waals surface area contributed by atoms with Gasteiger partial charge in [0.05, 0.1) is 12.0 Å². The Morgan fingerprint density at radius 2 is 0.661 bits per heavy atom. The minimum atomic E-state index is -0.833. The number of hydrogen-bond donors (Lipinski definition) is 2. The third-order valence-electron chi connectivity index (χ3n) is 12.0. The van der Waals surface area contributed by atoms with Crippen molar-refractivity contribution in [3.63, 3.8) is 0 Å². The van der Waals surface area contributed by atoms with Gasteiger partial charge in [0.1, 0.15) is 0 Å². The van der Waals surface area contributed by atoms with Crippen molar-refractivity contribution in [3.8, 4) is 0 Å². The van der Waals surface area contributed by atoms with Crippen LogP contribution in [0.4, 0.5) is 0 Å². The standard InChI is InChI=1S/C46H92O2.2C2H4O2/c1-8-15-21-27-35-43(45(37-29-22-16-9-2,38-30-23-17-10-3)39-31-24-18-11-4)36-28-34-42-46(44(47)48-14-7,40-32-25-19-12-5)41-33-26-20-13-6;2*1-2(3)4/h43H,8-42H2,1-7H3;2*1H3,(H,3,4). The molecule has 0 spiro atoms. The number of carboxylic acids is 2. The summed E-state index contributed by atoms with van der Waals surface area (Å²) in [6.45, 7) is 18.7. The molecule has 56 heavy (non-hydrogen) atoms. The molecule has 0 saturated heterocycles. The van der Waals surface area contributed by atoms with Crippen LogP contribution in [0.25, 0.3) is 0 Å². The summed E-state index contributed by atoms with van der Waals surface area (Å²) in [5.74, 6) is -0.684. The van der Waals surface area contributed by atoms with Crippen molar-refractivity contribution in [1.29, 1.82) is 0 Å². The molecule has 6 nitrogen and oxygen atoms in total. The number of rotatable bonds is 38. The van der Waals surface area contributed by atoms with Crippen LogP contribution in [0.15, 0.2) is 0 Å². The van der Waals surface area contributed by atoms with E-state index in [0.717, 1.165) is 39.0 Å². The van der Waals surface area contributed by atoms with E-state index in [1.165, 1.54) is 199 Å². The Labute approximate surface area is 350 Å². The summed E-state index contributed by atoms with van der Waals surface area (Å²) in [4.78, 5) is 31.8. The normalized spacial score (nSPS) is 11.9. The molecule has 0 aromatic rings. The molecule has 0 radical (unpaired) electrons. The lowest BCUT2D eigenvalue weighted by Gasteiger charge is -2.43. The molecule has 0 heterocycles. The highest BCUT2D eigenvalue weighted by molar-refractivity contribution is 5.76. The quantitative estimate of drug-likeness (QED) is 0.0477. The van der Waals surface area contributed by atoms with E-state index in [1.807, 2.05) is 6.92 Å². The molecular weight excluding hydrogens is 697 g/mol. The maximum absolute atomic E-state index is 13.8. The maximum Gasteiger partial charge on any atom is 0.312 e. The van der Waals surface area contributed by atoms with E-state index in [9.17, 15) is 4.79 Å². The molecule has 2 N–H and O–H groups in total. The van der Waals surface area contributed by atoms with Gasteiger partial charge in [0.2, 0.25) is 0 Å². The predicted octanol–water partition coefficient (Wildman–Crippen LogP) is 16.7. The van der Waals surface area contributed by atoms with Crippen LogP contribution in [0.5, 0.6) is 0 Å². The number of carboxylic acid groups (broad SMARTS) is 2. The summed E-state index contributed by atoms with van der Waals surface area (Å²) < 4.78 is 5.88. The number of carbonyl (C=O) groups is 3. The molecule has 0 bridgehead atoms. The molecule has 0 saturated carbocycles. The van der Waals surface area contributed by atoms with Crippen LogP contribution in [0.2, 0.25) is 0 Å². The summed E-state index contributed by atoms with van der Waals surface area (Å²) in [6, 6.07) is 0. The number of unbranched alkanes of at least 4 members (excludes halogenated alkanes) is 19. The summed E-state index contributed by atoms with van der Waals surface area (Å²) >= 11 is 0. The van der Waals surface area contributed by atoms with E-state index in [4.69, 9.17) is 24.5 Å². The molecule has 1 unspecified atom stereocenters. The van der Waals surface area contributed by atoms with Gasteiger partial charge in [-0.3, -0.25) is 14.4 Å². The third kappa shape index (κ3) is 35.6. The number of aliphatic carboxylic acids is 2. The number of carbonyl (C=O) groups excluding carboxylic acids is 1. The molecular formula is C50H100O6. The Morgan fingerprint density at radius 1 is 0.411 bits per heavy atom. The van der Waals surface area contributed by atoms with E-state index >= 15 is 0 Å².